The minimum absolute atomic E-state index is 0.605. The first-order chi connectivity index (χ1) is 5.27. The van der Waals surface area contributed by atoms with Gasteiger partial charge in [0.15, 0.2) is 0 Å². The number of nitriles is 1. The predicted octanol–water partition coefficient (Wildman–Crippen LogP) is 1.42. The van der Waals surface area contributed by atoms with E-state index in [0.29, 0.717) is 13.1 Å². The lowest BCUT2D eigenvalue weighted by molar-refractivity contribution is -0.248. The van der Waals surface area contributed by atoms with Crippen molar-refractivity contribution in [2.45, 2.75) is 12.0 Å². The Hall–Kier alpha value is -0.835. The van der Waals surface area contributed by atoms with Crippen molar-refractivity contribution in [2.24, 2.45) is 0 Å². The maximum absolute atomic E-state index is 12.1. The summed E-state index contributed by atoms with van der Waals surface area (Å²) in [6.45, 7) is -2.79. The lowest BCUT2D eigenvalue weighted by Crippen LogP contribution is -2.50. The van der Waals surface area contributed by atoms with E-state index in [4.69, 9.17) is 5.26 Å². The molecule has 0 aliphatic rings. The van der Waals surface area contributed by atoms with Crippen molar-refractivity contribution in [3.05, 3.63) is 0 Å². The molecule has 0 N–H and O–H groups in total. The minimum Gasteiger partial charge on any atom is -0.421 e. The van der Waals surface area contributed by atoms with Crippen LogP contribution in [0, 0.1) is 11.2 Å². The topological polar surface area (TPSA) is 33.0 Å². The number of hydrogen-bond donors (Lipinski definition) is 0. The highest BCUT2D eigenvalue weighted by molar-refractivity contribution is 6.63. The van der Waals surface area contributed by atoms with E-state index in [9.17, 15) is 22.0 Å². The molecule has 0 unspecified atom stereocenters. The van der Waals surface area contributed by atoms with E-state index in [1.54, 1.807) is 0 Å². The molecule has 2 nitrogen and oxygen atoms in total. The SMILES string of the molecule is COB(C#N)C(F)(F)C(F)(F)F. The third kappa shape index (κ3) is 1.85. The smallest absolute Gasteiger partial charge is 0.421 e. The number of halogens is 5. The number of rotatable bonds is 2. The van der Waals surface area contributed by atoms with Crippen LogP contribution in [0.2, 0.25) is 0 Å². The van der Waals surface area contributed by atoms with E-state index in [-0.39, 0.29) is 0 Å². The summed E-state index contributed by atoms with van der Waals surface area (Å²) in [5.41, 5.74) is 0. The molecule has 8 heteroatoms. The molecule has 0 radical (unpaired) electrons. The summed E-state index contributed by atoms with van der Waals surface area (Å²) in [6, 6.07) is 0. The van der Waals surface area contributed by atoms with Gasteiger partial charge in [-0.15, -0.1) is 0 Å². The Morgan fingerprint density at radius 3 is 1.75 bits per heavy atom. The summed E-state index contributed by atoms with van der Waals surface area (Å²) in [6.07, 6.45) is -5.76. The molecule has 0 rings (SSSR count). The zero-order valence-corrected chi connectivity index (χ0v) is 5.82. The van der Waals surface area contributed by atoms with E-state index in [2.05, 4.69) is 4.65 Å². The van der Waals surface area contributed by atoms with Gasteiger partial charge in [0, 0.05) is 7.11 Å². The van der Waals surface area contributed by atoms with E-state index >= 15 is 0 Å². The Morgan fingerprint density at radius 1 is 1.25 bits per heavy atom. The molecule has 68 valence electrons. The van der Waals surface area contributed by atoms with Crippen molar-refractivity contribution in [3.8, 4) is 5.97 Å². The zero-order chi connectivity index (χ0) is 9.99. The second kappa shape index (κ2) is 3.27. The predicted molar refractivity (Wildman–Crippen MR) is 29.4 cm³/mol. The molecule has 0 aromatic rings. The molecule has 0 aromatic carbocycles. The number of alkyl halides is 5. The summed E-state index contributed by atoms with van der Waals surface area (Å²) in [7, 11) is 0.605. The van der Waals surface area contributed by atoms with Gasteiger partial charge in [0.25, 0.3) is 0 Å². The van der Waals surface area contributed by atoms with Crippen LogP contribution in [0.5, 0.6) is 0 Å². The van der Waals surface area contributed by atoms with Crippen LogP contribution in [0.15, 0.2) is 0 Å². The van der Waals surface area contributed by atoms with Gasteiger partial charge in [-0.2, -0.15) is 13.2 Å². The van der Waals surface area contributed by atoms with Gasteiger partial charge in [0.05, 0.1) is 5.97 Å². The summed E-state index contributed by atoms with van der Waals surface area (Å²) in [4.78, 5) is 0. The Balaban J connectivity index is 4.73. The van der Waals surface area contributed by atoms with Crippen LogP contribution in [0.1, 0.15) is 0 Å². The lowest BCUT2D eigenvalue weighted by atomic mass is 9.62. The average Bonchev–Trinajstić information content (AvgIpc) is 1.87. The van der Waals surface area contributed by atoms with Gasteiger partial charge in [-0.3, -0.25) is 0 Å². The van der Waals surface area contributed by atoms with Crippen molar-refractivity contribution >= 4 is 6.92 Å². The maximum Gasteiger partial charge on any atom is 0.503 e. The van der Waals surface area contributed by atoms with Crippen molar-refractivity contribution in [1.29, 1.82) is 5.26 Å². The highest BCUT2D eigenvalue weighted by atomic mass is 19.4. The van der Waals surface area contributed by atoms with E-state index < -0.39 is 18.9 Å². The molecule has 0 aliphatic carbocycles. The van der Waals surface area contributed by atoms with Crippen molar-refractivity contribution < 1.29 is 26.6 Å². The number of nitrogens with zero attached hydrogens (tertiary/aromatic N) is 1. The van der Waals surface area contributed by atoms with Crippen LogP contribution in [0.4, 0.5) is 22.0 Å². The molecular formula is C4H3BF5NO. The standard InChI is InChI=1S/C4H3BF5NO/c1-12-5(2-11)3(6,7)4(8,9)10/h1H3. The lowest BCUT2D eigenvalue weighted by Gasteiger charge is -2.19. The minimum atomic E-state index is -5.76. The Morgan fingerprint density at radius 2 is 1.67 bits per heavy atom. The third-order valence-electron chi connectivity index (χ3n) is 1.06. The summed E-state index contributed by atoms with van der Waals surface area (Å²) in [5, 5.41) is 7.87. The van der Waals surface area contributed by atoms with Crippen molar-refractivity contribution in [1.82, 2.24) is 0 Å². The van der Waals surface area contributed by atoms with Crippen molar-refractivity contribution in [3.63, 3.8) is 0 Å². The van der Waals surface area contributed by atoms with E-state index in [0.717, 1.165) is 0 Å². The van der Waals surface area contributed by atoms with E-state index in [1.165, 1.54) is 0 Å². The third-order valence-corrected chi connectivity index (χ3v) is 1.06. The Labute approximate surface area is 65.0 Å². The maximum atomic E-state index is 12.1. The molecule has 0 aromatic heterocycles. The first-order valence-electron chi connectivity index (χ1n) is 2.64. The first-order valence-corrected chi connectivity index (χ1v) is 2.64. The molecule has 0 atom stereocenters. The quantitative estimate of drug-likeness (QED) is 0.483. The normalized spacial score (nSPS) is 12.4. The molecule has 0 spiro atoms. The van der Waals surface area contributed by atoms with Crippen LogP contribution < -0.4 is 0 Å². The molecule has 0 amide bonds. The first kappa shape index (κ1) is 11.2. The highest BCUT2D eigenvalue weighted by Gasteiger charge is 2.66. The van der Waals surface area contributed by atoms with Gasteiger partial charge in [0.1, 0.15) is 0 Å². The van der Waals surface area contributed by atoms with Gasteiger partial charge in [0.2, 0.25) is 0 Å². The van der Waals surface area contributed by atoms with Crippen LogP contribution in [0.3, 0.4) is 0 Å². The van der Waals surface area contributed by atoms with Gasteiger partial charge in [-0.1, -0.05) is 0 Å². The van der Waals surface area contributed by atoms with Gasteiger partial charge in [-0.25, -0.2) is 14.0 Å². The molecule has 0 fully saturated rings. The second-order valence-corrected chi connectivity index (χ2v) is 1.87. The Kier molecular flexibility index (Phi) is 3.04. The van der Waals surface area contributed by atoms with Gasteiger partial charge >= 0.3 is 18.9 Å². The fourth-order valence-electron chi connectivity index (χ4n) is 0.430. The molecule has 0 saturated heterocycles. The van der Waals surface area contributed by atoms with E-state index in [1.807, 2.05) is 0 Å². The van der Waals surface area contributed by atoms with Crippen LogP contribution >= 0.6 is 0 Å². The fourth-order valence-corrected chi connectivity index (χ4v) is 0.430. The highest BCUT2D eigenvalue weighted by Crippen LogP contribution is 2.37. The fraction of sp³-hybridized carbons (Fsp3) is 0.750. The van der Waals surface area contributed by atoms with Crippen molar-refractivity contribution in [2.75, 3.05) is 7.11 Å². The molecule has 0 saturated carbocycles. The zero-order valence-electron chi connectivity index (χ0n) is 5.82. The summed E-state index contributed by atoms with van der Waals surface area (Å²) < 4.78 is 62.3. The Bertz CT molecular complexity index is 197. The number of hydrogen-bond acceptors (Lipinski definition) is 2. The summed E-state index contributed by atoms with van der Waals surface area (Å²) >= 11 is 0. The molecule has 0 bridgehead atoms. The van der Waals surface area contributed by atoms with Crippen LogP contribution in [-0.4, -0.2) is 26.0 Å². The largest absolute Gasteiger partial charge is 0.503 e. The summed E-state index contributed by atoms with van der Waals surface area (Å²) in [5.74, 6) is -4.42. The second-order valence-electron chi connectivity index (χ2n) is 1.87. The average molecular weight is 187 g/mol. The monoisotopic (exact) mass is 187 g/mol. The molecule has 0 aliphatic heterocycles. The van der Waals surface area contributed by atoms with Crippen LogP contribution in [0.25, 0.3) is 0 Å². The molecule has 0 heterocycles. The van der Waals surface area contributed by atoms with Gasteiger partial charge < -0.3 is 4.65 Å². The molecular weight excluding hydrogens is 184 g/mol. The van der Waals surface area contributed by atoms with Crippen LogP contribution in [-0.2, 0) is 4.65 Å². The molecule has 12 heavy (non-hydrogen) atoms. The van der Waals surface area contributed by atoms with Gasteiger partial charge in [-0.05, 0) is 0 Å².